The first-order valence-corrected chi connectivity index (χ1v) is 8.96. The Kier molecular flexibility index (Phi) is 4.82. The average molecular weight is 389 g/mol. The second-order valence-corrected chi connectivity index (χ2v) is 6.56. The smallest absolute Gasteiger partial charge is 0.264 e. The lowest BCUT2D eigenvalue weighted by molar-refractivity contribution is 0.102. The topological polar surface area (TPSA) is 91.0 Å². The maximum Gasteiger partial charge on any atom is 0.264 e. The summed E-state index contributed by atoms with van der Waals surface area (Å²) in [5.41, 5.74) is 2.50. The van der Waals surface area contributed by atoms with Gasteiger partial charge in [0.15, 0.2) is 5.65 Å². The number of hydrogen-bond donors (Lipinski definition) is 1. The van der Waals surface area contributed by atoms with Crippen LogP contribution in [0.15, 0.2) is 65.8 Å². The molecular weight excluding hydrogens is 370 g/mol. The summed E-state index contributed by atoms with van der Waals surface area (Å²) >= 11 is 0. The Morgan fingerprint density at radius 3 is 2.52 bits per heavy atom. The van der Waals surface area contributed by atoms with Gasteiger partial charge in [-0.3, -0.25) is 18.8 Å². The predicted molar refractivity (Wildman–Crippen MR) is 109 cm³/mol. The maximum absolute atomic E-state index is 12.6. The fourth-order valence-electron chi connectivity index (χ4n) is 3.02. The molecule has 0 aliphatic carbocycles. The molecular formula is C21H19N5O3. The second-order valence-electron chi connectivity index (χ2n) is 6.56. The van der Waals surface area contributed by atoms with E-state index in [-0.39, 0.29) is 11.5 Å². The molecule has 0 aliphatic rings. The van der Waals surface area contributed by atoms with Crippen molar-refractivity contribution in [2.45, 2.75) is 6.54 Å². The molecule has 29 heavy (non-hydrogen) atoms. The monoisotopic (exact) mass is 389 g/mol. The normalized spacial score (nSPS) is 10.8. The highest BCUT2D eigenvalue weighted by Crippen LogP contribution is 2.16. The van der Waals surface area contributed by atoms with Crippen LogP contribution < -0.4 is 15.6 Å². The molecule has 146 valence electrons. The van der Waals surface area contributed by atoms with Crippen LogP contribution in [0.4, 0.5) is 5.69 Å². The summed E-state index contributed by atoms with van der Waals surface area (Å²) in [6.07, 6.45) is 3.03. The fraction of sp³-hybridized carbons (Fsp3) is 0.143. The van der Waals surface area contributed by atoms with Crippen LogP contribution in [-0.2, 0) is 13.6 Å². The highest BCUT2D eigenvalue weighted by atomic mass is 16.5. The number of nitrogens with one attached hydrogen (secondary N) is 1. The number of amides is 1. The lowest BCUT2D eigenvalue weighted by atomic mass is 10.1. The summed E-state index contributed by atoms with van der Waals surface area (Å²) in [6, 6.07) is 14.2. The number of ether oxygens (including phenoxy) is 1. The zero-order valence-corrected chi connectivity index (χ0v) is 16.0. The summed E-state index contributed by atoms with van der Waals surface area (Å²) in [7, 11) is 3.34. The van der Waals surface area contributed by atoms with Crippen LogP contribution in [0.3, 0.4) is 0 Å². The Labute approximate surface area is 166 Å². The SMILES string of the molecule is COc1ccc(NC(=O)c2ccc(Cn3cnc4c(cnn4C)c3=O)cc2)cc1. The van der Waals surface area contributed by atoms with Gasteiger partial charge < -0.3 is 10.1 Å². The van der Waals surface area contributed by atoms with E-state index in [0.717, 1.165) is 11.3 Å². The molecule has 0 atom stereocenters. The van der Waals surface area contributed by atoms with E-state index in [1.807, 2.05) is 12.1 Å². The van der Waals surface area contributed by atoms with Crippen LogP contribution in [0.5, 0.6) is 5.75 Å². The second kappa shape index (κ2) is 7.59. The summed E-state index contributed by atoms with van der Waals surface area (Å²) in [4.78, 5) is 29.3. The first-order chi connectivity index (χ1) is 14.0. The van der Waals surface area contributed by atoms with E-state index in [4.69, 9.17) is 4.74 Å². The minimum atomic E-state index is -0.211. The zero-order chi connectivity index (χ0) is 20.4. The molecule has 0 aliphatic heterocycles. The molecule has 8 heteroatoms. The maximum atomic E-state index is 12.6. The van der Waals surface area contributed by atoms with Crippen molar-refractivity contribution in [3.05, 3.63) is 82.5 Å². The number of methoxy groups -OCH3 is 1. The lowest BCUT2D eigenvalue weighted by Crippen LogP contribution is -2.21. The van der Waals surface area contributed by atoms with Gasteiger partial charge in [-0.15, -0.1) is 0 Å². The average Bonchev–Trinajstić information content (AvgIpc) is 3.12. The fourth-order valence-corrected chi connectivity index (χ4v) is 3.02. The standard InChI is InChI=1S/C21H19N5O3/c1-25-19-18(11-23-25)21(28)26(13-22-19)12-14-3-5-15(6-4-14)20(27)24-16-7-9-17(29-2)10-8-16/h3-11,13H,12H2,1-2H3,(H,24,27). The van der Waals surface area contributed by atoms with Gasteiger partial charge in [0.2, 0.25) is 0 Å². The molecule has 0 saturated carbocycles. The number of anilines is 1. The Bertz CT molecular complexity index is 1220. The molecule has 0 radical (unpaired) electrons. The van der Waals surface area contributed by atoms with Crippen molar-refractivity contribution in [2.75, 3.05) is 12.4 Å². The first kappa shape index (κ1) is 18.4. The van der Waals surface area contributed by atoms with E-state index in [1.54, 1.807) is 55.2 Å². The molecule has 1 amide bonds. The number of nitrogens with zero attached hydrogens (tertiary/aromatic N) is 4. The number of aryl methyl sites for hydroxylation is 1. The molecule has 4 aromatic rings. The largest absolute Gasteiger partial charge is 0.497 e. The van der Waals surface area contributed by atoms with Crippen LogP contribution in [0.2, 0.25) is 0 Å². The van der Waals surface area contributed by atoms with Gasteiger partial charge in [-0.1, -0.05) is 12.1 Å². The van der Waals surface area contributed by atoms with Crippen molar-refractivity contribution >= 4 is 22.6 Å². The predicted octanol–water partition coefficient (Wildman–Crippen LogP) is 2.44. The zero-order valence-electron chi connectivity index (χ0n) is 16.0. The van der Waals surface area contributed by atoms with Crippen molar-refractivity contribution in [1.82, 2.24) is 19.3 Å². The molecule has 0 unspecified atom stereocenters. The molecule has 1 N–H and O–H groups in total. The van der Waals surface area contributed by atoms with E-state index < -0.39 is 0 Å². The summed E-state index contributed by atoms with van der Waals surface area (Å²) in [5.74, 6) is 0.513. The summed E-state index contributed by atoms with van der Waals surface area (Å²) < 4.78 is 8.20. The van der Waals surface area contributed by atoms with Crippen LogP contribution in [0.25, 0.3) is 11.0 Å². The Morgan fingerprint density at radius 2 is 1.83 bits per heavy atom. The van der Waals surface area contributed by atoms with Crippen molar-refractivity contribution in [2.24, 2.45) is 7.05 Å². The summed E-state index contributed by atoms with van der Waals surface area (Å²) in [5, 5.41) is 7.39. The van der Waals surface area contributed by atoms with Crippen molar-refractivity contribution in [1.29, 1.82) is 0 Å². The Hall–Kier alpha value is -3.94. The molecule has 0 saturated heterocycles. The van der Waals surface area contributed by atoms with E-state index in [2.05, 4.69) is 15.4 Å². The van der Waals surface area contributed by atoms with Crippen molar-refractivity contribution in [3.8, 4) is 5.75 Å². The van der Waals surface area contributed by atoms with E-state index >= 15 is 0 Å². The highest BCUT2D eigenvalue weighted by Gasteiger charge is 2.10. The lowest BCUT2D eigenvalue weighted by Gasteiger charge is -2.08. The third kappa shape index (κ3) is 3.73. The number of aromatic nitrogens is 4. The molecule has 8 nitrogen and oxygen atoms in total. The van der Waals surface area contributed by atoms with Gasteiger partial charge in [-0.25, -0.2) is 4.98 Å². The van der Waals surface area contributed by atoms with Crippen LogP contribution in [0, 0.1) is 0 Å². The van der Waals surface area contributed by atoms with Crippen LogP contribution >= 0.6 is 0 Å². The third-order valence-electron chi connectivity index (χ3n) is 4.64. The van der Waals surface area contributed by atoms with Gasteiger partial charge in [-0.2, -0.15) is 5.10 Å². The number of benzene rings is 2. The molecule has 4 rings (SSSR count). The van der Waals surface area contributed by atoms with Gasteiger partial charge in [-0.05, 0) is 42.0 Å². The van der Waals surface area contributed by atoms with Gasteiger partial charge in [0, 0.05) is 18.3 Å². The Morgan fingerprint density at radius 1 is 1.10 bits per heavy atom. The number of hydrogen-bond acceptors (Lipinski definition) is 5. The number of rotatable bonds is 5. The van der Waals surface area contributed by atoms with Gasteiger partial charge in [0.05, 0.1) is 19.9 Å². The number of carbonyl (C=O) groups excluding carboxylic acids is 1. The molecule has 0 spiro atoms. The van der Waals surface area contributed by atoms with Crippen LogP contribution in [-0.4, -0.2) is 32.3 Å². The number of carbonyl (C=O) groups is 1. The van der Waals surface area contributed by atoms with E-state index in [1.165, 1.54) is 17.1 Å². The molecule has 2 heterocycles. The Balaban J connectivity index is 1.48. The van der Waals surface area contributed by atoms with Gasteiger partial charge >= 0.3 is 0 Å². The molecule has 2 aromatic heterocycles. The number of fused-ring (bicyclic) bond motifs is 1. The first-order valence-electron chi connectivity index (χ1n) is 8.96. The van der Waals surface area contributed by atoms with E-state index in [0.29, 0.717) is 28.8 Å². The van der Waals surface area contributed by atoms with Crippen molar-refractivity contribution < 1.29 is 9.53 Å². The van der Waals surface area contributed by atoms with Crippen LogP contribution in [0.1, 0.15) is 15.9 Å². The third-order valence-corrected chi connectivity index (χ3v) is 4.64. The highest BCUT2D eigenvalue weighted by molar-refractivity contribution is 6.04. The summed E-state index contributed by atoms with van der Waals surface area (Å²) in [6.45, 7) is 0.358. The van der Waals surface area contributed by atoms with Gasteiger partial charge in [0.25, 0.3) is 11.5 Å². The molecule has 0 bridgehead atoms. The van der Waals surface area contributed by atoms with Gasteiger partial charge in [0.1, 0.15) is 17.5 Å². The molecule has 0 fully saturated rings. The van der Waals surface area contributed by atoms with E-state index in [9.17, 15) is 9.59 Å². The minimum absolute atomic E-state index is 0.149. The quantitative estimate of drug-likeness (QED) is 0.566. The molecule has 2 aromatic carbocycles. The minimum Gasteiger partial charge on any atom is -0.497 e. The van der Waals surface area contributed by atoms with Crippen molar-refractivity contribution in [3.63, 3.8) is 0 Å².